The number of hydrogen-bond donors (Lipinski definition) is 1. The molecule has 0 bridgehead atoms. The second-order valence-electron chi connectivity index (χ2n) is 7.43. The molecule has 0 unspecified atom stereocenters. The number of nitrogens with one attached hydrogen (secondary N) is 1. The fourth-order valence-electron chi connectivity index (χ4n) is 3.61. The number of fused-ring (bicyclic) bond motifs is 1. The molecule has 1 fully saturated rings. The lowest BCUT2D eigenvalue weighted by molar-refractivity contribution is -0.126. The molecule has 0 aliphatic carbocycles. The van der Waals surface area contributed by atoms with Crippen LogP contribution in [0.1, 0.15) is 45.2 Å². The molecule has 28 heavy (non-hydrogen) atoms. The number of aromatic nitrogens is 1. The van der Waals surface area contributed by atoms with Gasteiger partial charge in [0.05, 0.1) is 17.9 Å². The molecule has 8 heteroatoms. The molecule has 1 atom stereocenters. The number of hydrogen-bond acceptors (Lipinski definition) is 4. The zero-order valence-corrected chi connectivity index (χ0v) is 17.4. The fraction of sp³-hybridized carbons (Fsp3) is 0.500. The summed E-state index contributed by atoms with van der Waals surface area (Å²) in [6, 6.07) is 8.40. The van der Waals surface area contributed by atoms with Crippen LogP contribution in [0.15, 0.2) is 35.6 Å². The van der Waals surface area contributed by atoms with E-state index in [0.717, 1.165) is 16.5 Å². The van der Waals surface area contributed by atoms with Crippen molar-refractivity contribution in [3.05, 3.63) is 36.0 Å². The molecule has 0 saturated carbocycles. The SMILES string of the molecule is CCS(=O)(=O)N1CCC[C@H](C(=O)N/N=C\c2cn(C(C)C)c3ccccc23)C1. The maximum atomic E-state index is 12.5. The van der Waals surface area contributed by atoms with E-state index in [-0.39, 0.29) is 24.1 Å². The number of hydrazone groups is 1. The Hall–Kier alpha value is -2.19. The number of piperidine rings is 1. The van der Waals surface area contributed by atoms with Gasteiger partial charge in [-0.05, 0) is 39.7 Å². The Morgan fingerprint density at radius 1 is 1.36 bits per heavy atom. The van der Waals surface area contributed by atoms with Gasteiger partial charge in [0, 0.05) is 41.8 Å². The average molecular weight is 405 g/mol. The predicted molar refractivity (Wildman–Crippen MR) is 112 cm³/mol. The van der Waals surface area contributed by atoms with Gasteiger partial charge in [0.15, 0.2) is 0 Å². The molecular formula is C20H28N4O3S. The second kappa shape index (κ2) is 8.45. The third kappa shape index (κ3) is 4.28. The van der Waals surface area contributed by atoms with Gasteiger partial charge in [-0.2, -0.15) is 5.10 Å². The Labute approximate surface area is 166 Å². The minimum Gasteiger partial charge on any atom is -0.344 e. The first-order valence-electron chi connectivity index (χ1n) is 9.73. The smallest absolute Gasteiger partial charge is 0.244 e. The number of sulfonamides is 1. The monoisotopic (exact) mass is 404 g/mol. The van der Waals surface area contributed by atoms with Crippen molar-refractivity contribution in [2.24, 2.45) is 11.0 Å². The summed E-state index contributed by atoms with van der Waals surface area (Å²) in [5.74, 6) is -0.552. The van der Waals surface area contributed by atoms with E-state index < -0.39 is 10.0 Å². The highest BCUT2D eigenvalue weighted by molar-refractivity contribution is 7.89. The van der Waals surface area contributed by atoms with Crippen LogP contribution in [0.4, 0.5) is 0 Å². The molecule has 2 aromatic rings. The van der Waals surface area contributed by atoms with Gasteiger partial charge in [-0.3, -0.25) is 4.79 Å². The molecule has 0 spiro atoms. The van der Waals surface area contributed by atoms with Crippen LogP contribution < -0.4 is 5.43 Å². The summed E-state index contributed by atoms with van der Waals surface area (Å²) in [7, 11) is -3.27. The van der Waals surface area contributed by atoms with Crippen LogP contribution in [0.5, 0.6) is 0 Å². The minimum atomic E-state index is -3.27. The third-order valence-corrected chi connectivity index (χ3v) is 7.07. The molecule has 1 aliphatic rings. The van der Waals surface area contributed by atoms with Crippen molar-refractivity contribution in [1.29, 1.82) is 0 Å². The van der Waals surface area contributed by atoms with Gasteiger partial charge < -0.3 is 4.57 Å². The quantitative estimate of drug-likeness (QED) is 0.593. The Morgan fingerprint density at radius 3 is 2.82 bits per heavy atom. The van der Waals surface area contributed by atoms with Crippen LogP contribution >= 0.6 is 0 Å². The normalized spacial score (nSPS) is 18.9. The highest BCUT2D eigenvalue weighted by Crippen LogP contribution is 2.23. The Kier molecular flexibility index (Phi) is 6.20. The molecule has 1 N–H and O–H groups in total. The zero-order valence-electron chi connectivity index (χ0n) is 16.6. The van der Waals surface area contributed by atoms with Crippen LogP contribution in [0.2, 0.25) is 0 Å². The summed E-state index contributed by atoms with van der Waals surface area (Å²) in [5.41, 5.74) is 4.65. The van der Waals surface area contributed by atoms with Gasteiger partial charge in [-0.25, -0.2) is 18.1 Å². The molecule has 1 aromatic heterocycles. The van der Waals surface area contributed by atoms with Gasteiger partial charge in [0.25, 0.3) is 0 Å². The van der Waals surface area contributed by atoms with Gasteiger partial charge >= 0.3 is 0 Å². The lowest BCUT2D eigenvalue weighted by Crippen LogP contribution is -2.45. The van der Waals surface area contributed by atoms with Gasteiger partial charge in [-0.1, -0.05) is 18.2 Å². The van der Waals surface area contributed by atoms with Crippen LogP contribution in [0.25, 0.3) is 10.9 Å². The van der Waals surface area contributed by atoms with Crippen LogP contribution in [0.3, 0.4) is 0 Å². The fourth-order valence-corrected chi connectivity index (χ4v) is 4.79. The van der Waals surface area contributed by atoms with Gasteiger partial charge in [0.1, 0.15) is 0 Å². The number of rotatable bonds is 6. The summed E-state index contributed by atoms with van der Waals surface area (Å²) in [5, 5.41) is 5.22. The number of amides is 1. The van der Waals surface area contributed by atoms with Crippen LogP contribution in [-0.2, 0) is 14.8 Å². The number of carbonyl (C=O) groups excluding carboxylic acids is 1. The first-order valence-corrected chi connectivity index (χ1v) is 11.3. The highest BCUT2D eigenvalue weighted by Gasteiger charge is 2.31. The number of para-hydroxylation sites is 1. The topological polar surface area (TPSA) is 83.8 Å². The van der Waals surface area contributed by atoms with E-state index in [1.165, 1.54) is 4.31 Å². The van der Waals surface area contributed by atoms with Crippen molar-refractivity contribution in [2.75, 3.05) is 18.8 Å². The van der Waals surface area contributed by atoms with Crippen LogP contribution in [0, 0.1) is 5.92 Å². The standard InChI is InChI=1S/C20H28N4O3S/c1-4-28(26,27)23-11-7-8-16(13-23)20(25)22-21-12-17-14-24(15(2)3)19-10-6-5-9-18(17)19/h5-6,9-10,12,14-16H,4,7-8,11,13H2,1-3H3,(H,22,25)/b21-12-/t16-/m0/s1. The summed E-state index contributed by atoms with van der Waals surface area (Å²) >= 11 is 0. The lowest BCUT2D eigenvalue weighted by atomic mass is 9.99. The maximum absolute atomic E-state index is 12.5. The Morgan fingerprint density at radius 2 is 2.11 bits per heavy atom. The van der Waals surface area contributed by atoms with Crippen molar-refractivity contribution in [3.8, 4) is 0 Å². The molecule has 1 aromatic carbocycles. The first-order chi connectivity index (χ1) is 13.3. The number of carbonyl (C=O) groups is 1. The van der Waals surface area contributed by atoms with Gasteiger partial charge in [-0.15, -0.1) is 0 Å². The molecular weight excluding hydrogens is 376 g/mol. The third-order valence-electron chi connectivity index (χ3n) is 5.22. The van der Waals surface area contributed by atoms with E-state index in [1.54, 1.807) is 13.1 Å². The van der Waals surface area contributed by atoms with Crippen molar-refractivity contribution in [3.63, 3.8) is 0 Å². The average Bonchev–Trinajstić information content (AvgIpc) is 3.07. The minimum absolute atomic E-state index is 0.0550. The van der Waals surface area contributed by atoms with Crippen molar-refractivity contribution < 1.29 is 13.2 Å². The van der Waals surface area contributed by atoms with E-state index >= 15 is 0 Å². The van der Waals surface area contributed by atoms with Gasteiger partial charge in [0.2, 0.25) is 15.9 Å². The van der Waals surface area contributed by atoms with E-state index in [9.17, 15) is 13.2 Å². The summed E-state index contributed by atoms with van der Waals surface area (Å²) in [4.78, 5) is 12.5. The first kappa shape index (κ1) is 20.5. The number of benzene rings is 1. The largest absolute Gasteiger partial charge is 0.344 e. The highest BCUT2D eigenvalue weighted by atomic mass is 32.2. The summed E-state index contributed by atoms with van der Waals surface area (Å²) in [6.45, 7) is 6.57. The summed E-state index contributed by atoms with van der Waals surface area (Å²) < 4.78 is 27.7. The maximum Gasteiger partial charge on any atom is 0.244 e. The molecule has 2 heterocycles. The Balaban J connectivity index is 1.70. The van der Waals surface area contributed by atoms with Crippen LogP contribution in [-0.4, -0.2) is 48.3 Å². The molecule has 0 radical (unpaired) electrons. The zero-order chi connectivity index (χ0) is 20.3. The summed E-state index contributed by atoms with van der Waals surface area (Å²) in [6.07, 6.45) is 5.04. The van der Waals surface area contributed by atoms with Crippen molar-refractivity contribution in [2.45, 2.75) is 39.7 Å². The lowest BCUT2D eigenvalue weighted by Gasteiger charge is -2.30. The van der Waals surface area contributed by atoms with E-state index in [1.807, 2.05) is 24.4 Å². The van der Waals surface area contributed by atoms with Crippen molar-refractivity contribution in [1.82, 2.24) is 14.3 Å². The van der Waals surface area contributed by atoms with Crippen molar-refractivity contribution >= 4 is 33.0 Å². The molecule has 1 saturated heterocycles. The second-order valence-corrected chi connectivity index (χ2v) is 9.69. The molecule has 7 nitrogen and oxygen atoms in total. The van der Waals surface area contributed by atoms with E-state index in [2.05, 4.69) is 35.0 Å². The molecule has 1 aliphatic heterocycles. The molecule has 3 rings (SSSR count). The molecule has 152 valence electrons. The Bertz CT molecular complexity index is 978. The van der Waals surface area contributed by atoms with E-state index in [4.69, 9.17) is 0 Å². The van der Waals surface area contributed by atoms with E-state index in [0.29, 0.717) is 25.4 Å². The number of nitrogens with zero attached hydrogens (tertiary/aromatic N) is 3. The molecule has 1 amide bonds. The predicted octanol–water partition coefficient (Wildman–Crippen LogP) is 2.73.